The van der Waals surface area contributed by atoms with Gasteiger partial charge in [-0.25, -0.2) is 4.79 Å². The number of aromatic nitrogens is 1. The first kappa shape index (κ1) is 15.8. The molecule has 0 saturated carbocycles. The van der Waals surface area contributed by atoms with Gasteiger partial charge >= 0.3 is 6.03 Å². The summed E-state index contributed by atoms with van der Waals surface area (Å²) in [7, 11) is 0. The summed E-state index contributed by atoms with van der Waals surface area (Å²) in [5.41, 5.74) is 1.08. The summed E-state index contributed by atoms with van der Waals surface area (Å²) in [5, 5.41) is 2.97. The first-order valence-electron chi connectivity index (χ1n) is 7.79. The third-order valence-corrected chi connectivity index (χ3v) is 3.88. The van der Waals surface area contributed by atoms with Crippen molar-refractivity contribution in [2.45, 2.75) is 26.8 Å². The number of carbonyl (C=O) groups excluding carboxylic acids is 1. The number of nitrogens with one attached hydrogen (secondary N) is 1. The van der Waals surface area contributed by atoms with Crippen LogP contribution in [-0.2, 0) is 6.54 Å². The summed E-state index contributed by atoms with van der Waals surface area (Å²) in [5.74, 6) is 0.742. The average molecular weight is 290 g/mol. The molecule has 5 heteroatoms. The summed E-state index contributed by atoms with van der Waals surface area (Å²) < 4.78 is 0. The molecule has 1 fully saturated rings. The van der Waals surface area contributed by atoms with Crippen LogP contribution >= 0.6 is 0 Å². The highest BCUT2D eigenvalue weighted by molar-refractivity contribution is 5.74. The Labute approximate surface area is 127 Å². The smallest absolute Gasteiger partial charge is 0.317 e. The van der Waals surface area contributed by atoms with Crippen LogP contribution in [0.1, 0.15) is 25.8 Å². The van der Waals surface area contributed by atoms with E-state index >= 15 is 0 Å². The molecular weight excluding hydrogens is 264 g/mol. The summed E-state index contributed by atoms with van der Waals surface area (Å²) in [6, 6.07) is 3.88. The molecule has 21 heavy (non-hydrogen) atoms. The Bertz CT molecular complexity index is 427. The molecule has 5 nitrogen and oxygen atoms in total. The highest BCUT2D eigenvalue weighted by Crippen LogP contribution is 2.07. The van der Waals surface area contributed by atoms with Crippen molar-refractivity contribution >= 4 is 6.03 Å². The van der Waals surface area contributed by atoms with Crippen molar-refractivity contribution < 1.29 is 4.79 Å². The lowest BCUT2D eigenvalue weighted by Crippen LogP contribution is -2.51. The van der Waals surface area contributed by atoms with Crippen LogP contribution in [0.3, 0.4) is 0 Å². The first-order chi connectivity index (χ1) is 10.1. The minimum Gasteiger partial charge on any atom is -0.334 e. The van der Waals surface area contributed by atoms with Gasteiger partial charge in [-0.1, -0.05) is 13.8 Å². The molecule has 2 amide bonds. The minimum absolute atomic E-state index is 0.0373. The highest BCUT2D eigenvalue weighted by atomic mass is 16.2. The van der Waals surface area contributed by atoms with E-state index in [-0.39, 0.29) is 6.03 Å². The Morgan fingerprint density at radius 2 is 1.90 bits per heavy atom. The van der Waals surface area contributed by atoms with Gasteiger partial charge in [-0.3, -0.25) is 9.88 Å². The lowest BCUT2D eigenvalue weighted by Gasteiger charge is -2.35. The summed E-state index contributed by atoms with van der Waals surface area (Å²) >= 11 is 0. The van der Waals surface area contributed by atoms with Crippen LogP contribution in [0.25, 0.3) is 0 Å². The van der Waals surface area contributed by atoms with E-state index in [2.05, 4.69) is 29.0 Å². The molecule has 0 aromatic carbocycles. The third-order valence-electron chi connectivity index (χ3n) is 3.88. The molecular formula is C16H26N4O. The van der Waals surface area contributed by atoms with Crippen LogP contribution in [0.5, 0.6) is 0 Å². The zero-order valence-electron chi connectivity index (χ0n) is 13.1. The zero-order valence-corrected chi connectivity index (χ0v) is 13.1. The maximum absolute atomic E-state index is 12.1. The maximum Gasteiger partial charge on any atom is 0.317 e. The van der Waals surface area contributed by atoms with Crippen molar-refractivity contribution in [3.8, 4) is 0 Å². The van der Waals surface area contributed by atoms with Gasteiger partial charge in [0.25, 0.3) is 0 Å². The fourth-order valence-corrected chi connectivity index (χ4v) is 2.41. The predicted octanol–water partition coefficient (Wildman–Crippen LogP) is 1.95. The van der Waals surface area contributed by atoms with Gasteiger partial charge in [0.2, 0.25) is 0 Å². The summed E-state index contributed by atoms with van der Waals surface area (Å²) in [4.78, 5) is 20.5. The number of hydrogen-bond acceptors (Lipinski definition) is 3. The van der Waals surface area contributed by atoms with Gasteiger partial charge in [-0.05, 0) is 36.6 Å². The predicted molar refractivity (Wildman–Crippen MR) is 83.9 cm³/mol. The van der Waals surface area contributed by atoms with E-state index in [1.165, 1.54) is 6.42 Å². The molecule has 1 saturated heterocycles. The number of pyridine rings is 1. The van der Waals surface area contributed by atoms with E-state index in [1.54, 1.807) is 12.4 Å². The molecule has 1 aromatic rings. The Morgan fingerprint density at radius 1 is 1.24 bits per heavy atom. The molecule has 2 heterocycles. The van der Waals surface area contributed by atoms with Crippen LogP contribution in [-0.4, -0.2) is 53.5 Å². The van der Waals surface area contributed by atoms with E-state index < -0.39 is 0 Å². The van der Waals surface area contributed by atoms with E-state index in [4.69, 9.17) is 0 Å². The fourth-order valence-electron chi connectivity index (χ4n) is 2.41. The zero-order chi connectivity index (χ0) is 15.1. The van der Waals surface area contributed by atoms with Crippen molar-refractivity contribution in [2.75, 3.05) is 32.7 Å². The number of urea groups is 1. The second-order valence-corrected chi connectivity index (χ2v) is 6.03. The van der Waals surface area contributed by atoms with Gasteiger partial charge in [-0.15, -0.1) is 0 Å². The number of nitrogens with zero attached hydrogens (tertiary/aromatic N) is 3. The standard InChI is InChI=1S/C16H26N4O/c1-14(2)5-8-19-9-11-20(12-10-19)16(21)18-13-15-3-6-17-7-4-15/h3-4,6-7,14H,5,8-13H2,1-2H3,(H,18,21). The van der Waals surface area contributed by atoms with E-state index in [0.29, 0.717) is 6.54 Å². The highest BCUT2D eigenvalue weighted by Gasteiger charge is 2.20. The average Bonchev–Trinajstić information content (AvgIpc) is 2.52. The number of piperazine rings is 1. The SMILES string of the molecule is CC(C)CCN1CCN(C(=O)NCc2ccncc2)CC1. The lowest BCUT2D eigenvalue weighted by atomic mass is 10.1. The molecule has 0 atom stereocenters. The largest absolute Gasteiger partial charge is 0.334 e. The van der Waals surface area contributed by atoms with Gasteiger partial charge in [0.15, 0.2) is 0 Å². The van der Waals surface area contributed by atoms with Crippen molar-refractivity contribution in [2.24, 2.45) is 5.92 Å². The molecule has 1 aliphatic heterocycles. The van der Waals surface area contributed by atoms with Gasteiger partial charge < -0.3 is 10.2 Å². The Morgan fingerprint density at radius 3 is 2.52 bits per heavy atom. The molecule has 1 aromatic heterocycles. The van der Waals surface area contributed by atoms with Crippen LogP contribution in [0.15, 0.2) is 24.5 Å². The number of hydrogen-bond donors (Lipinski definition) is 1. The molecule has 0 radical (unpaired) electrons. The fraction of sp³-hybridized carbons (Fsp3) is 0.625. The monoisotopic (exact) mass is 290 g/mol. The van der Waals surface area contributed by atoms with Crippen molar-refractivity contribution in [3.05, 3.63) is 30.1 Å². The van der Waals surface area contributed by atoms with Crippen LogP contribution in [0.2, 0.25) is 0 Å². The van der Waals surface area contributed by atoms with Crippen LogP contribution in [0, 0.1) is 5.92 Å². The number of carbonyl (C=O) groups is 1. The number of rotatable bonds is 5. The molecule has 0 bridgehead atoms. The lowest BCUT2D eigenvalue weighted by molar-refractivity contribution is 0.135. The van der Waals surface area contributed by atoms with Gasteiger partial charge in [0, 0.05) is 45.1 Å². The van der Waals surface area contributed by atoms with Gasteiger partial charge in [-0.2, -0.15) is 0 Å². The van der Waals surface area contributed by atoms with Crippen molar-refractivity contribution in [1.82, 2.24) is 20.1 Å². The number of amides is 2. The van der Waals surface area contributed by atoms with Crippen molar-refractivity contribution in [3.63, 3.8) is 0 Å². The summed E-state index contributed by atoms with van der Waals surface area (Å²) in [6.45, 7) is 9.82. The first-order valence-corrected chi connectivity index (χ1v) is 7.79. The van der Waals surface area contributed by atoms with E-state index in [1.807, 2.05) is 17.0 Å². The maximum atomic E-state index is 12.1. The second kappa shape index (κ2) is 7.98. The summed E-state index contributed by atoms with van der Waals surface area (Å²) in [6.07, 6.45) is 4.72. The molecule has 1 aliphatic rings. The third kappa shape index (κ3) is 5.34. The Kier molecular flexibility index (Phi) is 5.99. The minimum atomic E-state index is 0.0373. The Balaban J connectivity index is 1.68. The van der Waals surface area contributed by atoms with Crippen LogP contribution in [0.4, 0.5) is 4.79 Å². The topological polar surface area (TPSA) is 48.5 Å². The second-order valence-electron chi connectivity index (χ2n) is 6.03. The quantitative estimate of drug-likeness (QED) is 0.902. The normalized spacial score (nSPS) is 16.2. The van der Waals surface area contributed by atoms with Crippen LogP contribution < -0.4 is 5.32 Å². The van der Waals surface area contributed by atoms with E-state index in [0.717, 1.165) is 44.2 Å². The van der Waals surface area contributed by atoms with Crippen molar-refractivity contribution in [1.29, 1.82) is 0 Å². The molecule has 116 valence electrons. The molecule has 2 rings (SSSR count). The Hall–Kier alpha value is -1.62. The molecule has 0 spiro atoms. The molecule has 1 N–H and O–H groups in total. The van der Waals surface area contributed by atoms with Gasteiger partial charge in [0.1, 0.15) is 0 Å². The molecule has 0 unspecified atom stereocenters. The van der Waals surface area contributed by atoms with E-state index in [9.17, 15) is 4.79 Å². The molecule has 0 aliphatic carbocycles. The van der Waals surface area contributed by atoms with Gasteiger partial charge in [0.05, 0.1) is 0 Å².